The van der Waals surface area contributed by atoms with Crippen LogP contribution in [-0.4, -0.2) is 31.6 Å². The number of pyridine rings is 2. The number of nitrogens with zero attached hydrogens (tertiary/aromatic N) is 5. The van der Waals surface area contributed by atoms with Crippen molar-refractivity contribution in [2.75, 3.05) is 12.4 Å². The standard InChI is InChI=1S/C23H18N2.C14H12N4S/c1-16-6-5-7-18-15-21-20(11-10-16)23-17(14-22(21)24-18)12-13-25(23)19-8-3-2-4-9-19;1-18-14(12-4-8-16-9-5-12)10-13(17-19-18)11-2-6-15-7-3-11/h2-14,24H,1,15H2;2-10H,1H3. The smallest absolute Gasteiger partial charge is 0.0933 e. The predicted molar refractivity (Wildman–Crippen MR) is 184 cm³/mol. The Hall–Kier alpha value is -5.40. The van der Waals surface area contributed by atoms with Crippen LogP contribution in [0, 0.1) is 0 Å². The summed E-state index contributed by atoms with van der Waals surface area (Å²) in [6.07, 6.45) is 22.9. The molecule has 2 aromatic carbocycles. The maximum Gasteiger partial charge on any atom is 0.0933 e. The molecule has 2 bridgehead atoms. The summed E-state index contributed by atoms with van der Waals surface area (Å²) in [4.78, 5) is 8.08. The van der Waals surface area contributed by atoms with Gasteiger partial charge >= 0.3 is 0 Å². The summed E-state index contributed by atoms with van der Waals surface area (Å²) >= 11 is 1.44. The van der Waals surface area contributed by atoms with Crippen LogP contribution in [0.4, 0.5) is 5.69 Å². The van der Waals surface area contributed by atoms with Gasteiger partial charge in [-0.2, -0.15) is 4.40 Å². The Bertz CT molecular complexity index is 2000. The Morgan fingerprint density at radius 1 is 0.864 bits per heavy atom. The van der Waals surface area contributed by atoms with Gasteiger partial charge in [-0.3, -0.25) is 14.3 Å². The molecule has 0 atom stereocenters. The molecule has 0 spiro atoms. The Morgan fingerprint density at radius 3 is 2.39 bits per heavy atom. The first-order valence-electron chi connectivity index (χ1n) is 14.4. The highest BCUT2D eigenvalue weighted by Gasteiger charge is 2.22. The van der Waals surface area contributed by atoms with Crippen molar-refractivity contribution >= 4 is 46.2 Å². The fourth-order valence-corrected chi connectivity index (χ4v) is 6.16. The first-order valence-corrected chi connectivity index (χ1v) is 15.1. The van der Waals surface area contributed by atoms with Gasteiger partial charge in [0.05, 0.1) is 29.1 Å². The van der Waals surface area contributed by atoms with E-state index < -0.39 is 0 Å². The number of allylic oxidation sites excluding steroid dienone is 7. The van der Waals surface area contributed by atoms with Crippen molar-refractivity contribution in [1.29, 1.82) is 0 Å². The second-order valence-corrected chi connectivity index (χ2v) is 11.5. The zero-order chi connectivity index (χ0) is 29.9. The average Bonchev–Trinajstić information content (AvgIpc) is 3.68. The van der Waals surface area contributed by atoms with Gasteiger partial charge in [-0.15, -0.1) is 0 Å². The number of benzene rings is 2. The number of para-hydroxylation sites is 1. The number of hydrogen-bond donors (Lipinski definition) is 1. The van der Waals surface area contributed by atoms with Crippen molar-refractivity contribution in [3.63, 3.8) is 0 Å². The van der Waals surface area contributed by atoms with Crippen LogP contribution in [-0.2, 0) is 6.42 Å². The van der Waals surface area contributed by atoms with Crippen LogP contribution in [0.25, 0.3) is 28.4 Å². The summed E-state index contributed by atoms with van der Waals surface area (Å²) in [5.41, 5.74) is 12.8. The van der Waals surface area contributed by atoms with Gasteiger partial charge in [0.2, 0.25) is 0 Å². The molecular weight excluding hydrogens is 561 g/mol. The van der Waals surface area contributed by atoms with Gasteiger partial charge < -0.3 is 9.88 Å². The third-order valence-corrected chi connectivity index (χ3v) is 8.44. The van der Waals surface area contributed by atoms with Crippen LogP contribution in [0.15, 0.2) is 150 Å². The number of hydrogen-bond acceptors (Lipinski definition) is 6. The van der Waals surface area contributed by atoms with E-state index in [0.29, 0.717) is 0 Å². The van der Waals surface area contributed by atoms with Crippen LogP contribution in [0.5, 0.6) is 0 Å². The fraction of sp³-hybridized carbons (Fsp3) is 0.0541. The van der Waals surface area contributed by atoms with E-state index in [4.69, 9.17) is 0 Å². The number of anilines is 1. The largest absolute Gasteiger partial charge is 0.358 e. The lowest BCUT2D eigenvalue weighted by molar-refractivity contribution is 0.804. The summed E-state index contributed by atoms with van der Waals surface area (Å²) in [5.74, 6) is 0. The zero-order valence-corrected chi connectivity index (χ0v) is 25.1. The van der Waals surface area contributed by atoms with Gasteiger partial charge in [0.15, 0.2) is 0 Å². The summed E-state index contributed by atoms with van der Waals surface area (Å²) < 4.78 is 8.82. The topological polar surface area (TPSA) is 58.3 Å². The molecule has 1 N–H and O–H groups in total. The lowest BCUT2D eigenvalue weighted by Crippen LogP contribution is -2.14. The average molecular weight is 591 g/mol. The third-order valence-electron chi connectivity index (χ3n) is 7.72. The van der Waals surface area contributed by atoms with Crippen LogP contribution < -0.4 is 5.32 Å². The van der Waals surface area contributed by atoms with E-state index in [0.717, 1.165) is 34.5 Å². The van der Waals surface area contributed by atoms with Gasteiger partial charge in [0.1, 0.15) is 0 Å². The quantitative estimate of drug-likeness (QED) is 0.214. The Morgan fingerprint density at radius 2 is 1.61 bits per heavy atom. The van der Waals surface area contributed by atoms with Gasteiger partial charge in [-0.25, -0.2) is 0 Å². The molecule has 7 heteroatoms. The maximum atomic E-state index is 4.50. The molecule has 5 heterocycles. The number of fused-ring (bicyclic) bond motifs is 3. The second-order valence-electron chi connectivity index (χ2n) is 10.6. The Labute approximate surface area is 261 Å². The highest BCUT2D eigenvalue weighted by atomic mass is 32.2. The molecule has 5 aromatic rings. The zero-order valence-electron chi connectivity index (χ0n) is 24.3. The molecule has 3 aliphatic rings. The molecule has 8 rings (SSSR count). The van der Waals surface area contributed by atoms with Crippen LogP contribution in [0.1, 0.15) is 22.3 Å². The number of rotatable bonds is 3. The van der Waals surface area contributed by atoms with Gasteiger partial charge in [0, 0.05) is 83.6 Å². The normalized spacial score (nSPS) is 15.2. The van der Waals surface area contributed by atoms with E-state index in [1.54, 1.807) is 24.8 Å². The van der Waals surface area contributed by atoms with Crippen LogP contribution in [0.2, 0.25) is 0 Å². The summed E-state index contributed by atoms with van der Waals surface area (Å²) in [5, 5.41) is 4.81. The maximum absolute atomic E-state index is 4.50. The van der Waals surface area contributed by atoms with Crippen molar-refractivity contribution < 1.29 is 0 Å². The molecule has 6 nitrogen and oxygen atoms in total. The summed E-state index contributed by atoms with van der Waals surface area (Å²) in [6.45, 7) is 4.12. The summed E-state index contributed by atoms with van der Waals surface area (Å²) in [7, 11) is 2.00. The molecular formula is C37H30N6S. The summed E-state index contributed by atoms with van der Waals surface area (Å²) in [6, 6.07) is 22.9. The van der Waals surface area contributed by atoms with Gasteiger partial charge in [-0.1, -0.05) is 49.1 Å². The second kappa shape index (κ2) is 12.1. The van der Waals surface area contributed by atoms with E-state index in [2.05, 4.69) is 110 Å². The monoisotopic (exact) mass is 590 g/mol. The van der Waals surface area contributed by atoms with E-state index in [-0.39, 0.29) is 0 Å². The van der Waals surface area contributed by atoms with Crippen LogP contribution in [0.3, 0.4) is 0 Å². The highest BCUT2D eigenvalue weighted by molar-refractivity contribution is 7.96. The van der Waals surface area contributed by atoms with Crippen molar-refractivity contribution in [1.82, 2.24) is 18.8 Å². The van der Waals surface area contributed by atoms with Gasteiger partial charge in [0.25, 0.3) is 0 Å². The van der Waals surface area contributed by atoms with E-state index in [9.17, 15) is 0 Å². The fourth-order valence-electron chi connectivity index (χ4n) is 5.55. The molecule has 0 amide bonds. The van der Waals surface area contributed by atoms with Crippen molar-refractivity contribution in [2.24, 2.45) is 4.40 Å². The van der Waals surface area contributed by atoms with Crippen LogP contribution >= 0.6 is 12.1 Å². The lowest BCUT2D eigenvalue weighted by Gasteiger charge is -2.23. The SMILES string of the molecule is C=C1C=CC=C2Cc3c(cc4ccn(-c5ccccc5)c4c3C=C1)N2.CN1SN=C(c2ccncc2)C=C1c1ccncc1. The molecule has 0 saturated carbocycles. The molecule has 0 unspecified atom stereocenters. The third kappa shape index (κ3) is 5.53. The molecule has 0 saturated heterocycles. The first-order chi connectivity index (χ1) is 21.6. The van der Waals surface area contributed by atoms with E-state index in [1.807, 2.05) is 41.7 Å². The van der Waals surface area contributed by atoms with E-state index >= 15 is 0 Å². The van der Waals surface area contributed by atoms with E-state index in [1.165, 1.54) is 51.2 Å². The molecule has 2 aliphatic heterocycles. The Balaban J connectivity index is 0.000000148. The molecule has 3 aromatic heterocycles. The van der Waals surface area contributed by atoms with Gasteiger partial charge in [-0.05, 0) is 71.8 Å². The minimum atomic E-state index is 0.932. The van der Waals surface area contributed by atoms with Crippen molar-refractivity contribution in [3.8, 4) is 5.69 Å². The first kappa shape index (κ1) is 27.4. The minimum Gasteiger partial charge on any atom is -0.358 e. The molecule has 0 radical (unpaired) electrons. The minimum absolute atomic E-state index is 0.932. The number of aromatic nitrogens is 3. The molecule has 1 aliphatic carbocycles. The predicted octanol–water partition coefficient (Wildman–Crippen LogP) is 8.44. The Kier molecular flexibility index (Phi) is 7.53. The molecule has 214 valence electrons. The number of nitrogens with one attached hydrogen (secondary N) is 1. The lowest BCUT2D eigenvalue weighted by atomic mass is 9.99. The van der Waals surface area contributed by atoms with Crippen molar-refractivity contribution in [2.45, 2.75) is 6.42 Å². The molecule has 44 heavy (non-hydrogen) atoms. The highest BCUT2D eigenvalue weighted by Crippen LogP contribution is 2.39. The molecule has 0 fully saturated rings. The van der Waals surface area contributed by atoms with Crippen molar-refractivity contribution in [3.05, 3.63) is 168 Å².